The largest absolute Gasteiger partial charge is 0.508 e. The molecule has 1 unspecified atom stereocenters. The van der Waals surface area contributed by atoms with Crippen LogP contribution >= 0.6 is 0 Å². The molecule has 0 spiro atoms. The van der Waals surface area contributed by atoms with Gasteiger partial charge in [-0.1, -0.05) is 23.8 Å². The molecule has 5 nitrogen and oxygen atoms in total. The highest BCUT2D eigenvalue weighted by atomic mass is 32.2. The smallest absolute Gasteiger partial charge is 0.238 e. The van der Waals surface area contributed by atoms with Crippen molar-refractivity contribution in [3.05, 3.63) is 53.6 Å². The first-order valence-corrected chi connectivity index (χ1v) is 8.01. The van der Waals surface area contributed by atoms with E-state index in [0.717, 1.165) is 11.1 Å². The Kier molecular flexibility index (Phi) is 4.20. The van der Waals surface area contributed by atoms with E-state index in [1.807, 2.05) is 26.0 Å². The van der Waals surface area contributed by atoms with Crippen molar-refractivity contribution in [1.29, 1.82) is 0 Å². The average Bonchev–Trinajstić information content (AvgIpc) is 2.41. The number of phenolic OH excluding ortho intramolecular Hbond substituents is 1. The van der Waals surface area contributed by atoms with Crippen LogP contribution < -0.4 is 10.5 Å². The molecule has 0 saturated heterocycles. The fraction of sp³-hybridized carbons (Fsp3) is 0.200. The Morgan fingerprint density at radius 1 is 1.19 bits per heavy atom. The zero-order valence-electron chi connectivity index (χ0n) is 11.9. The fourth-order valence-electron chi connectivity index (χ4n) is 2.11. The quantitative estimate of drug-likeness (QED) is 0.809. The Morgan fingerprint density at radius 3 is 2.57 bits per heavy atom. The molecular formula is C15H18N2O3S. The maximum absolute atomic E-state index is 11.3. The SMILES string of the molecule is Cc1ccc(O)c(C(C)Nc2cccc(S(N)(=O)=O)c2)c1. The van der Waals surface area contributed by atoms with Gasteiger partial charge in [-0.15, -0.1) is 0 Å². The lowest BCUT2D eigenvalue weighted by atomic mass is 10.0. The summed E-state index contributed by atoms with van der Waals surface area (Å²) in [6, 6.07) is 11.4. The third kappa shape index (κ3) is 3.74. The molecule has 0 heterocycles. The summed E-state index contributed by atoms with van der Waals surface area (Å²) in [5.74, 6) is 0.197. The molecule has 0 fully saturated rings. The minimum absolute atomic E-state index is 0.0492. The van der Waals surface area contributed by atoms with Crippen molar-refractivity contribution in [2.24, 2.45) is 5.14 Å². The average molecular weight is 306 g/mol. The van der Waals surface area contributed by atoms with E-state index in [9.17, 15) is 13.5 Å². The standard InChI is InChI=1S/C15H18N2O3S/c1-10-6-7-15(18)14(8-10)11(2)17-12-4-3-5-13(9-12)21(16,19)20/h3-9,11,17-18H,1-2H3,(H2,16,19,20). The Morgan fingerprint density at radius 2 is 1.90 bits per heavy atom. The van der Waals surface area contributed by atoms with Crippen LogP contribution in [0, 0.1) is 6.92 Å². The second kappa shape index (κ2) is 5.75. The molecule has 0 saturated carbocycles. The van der Waals surface area contributed by atoms with E-state index < -0.39 is 10.0 Å². The summed E-state index contributed by atoms with van der Waals surface area (Å²) in [6.07, 6.45) is 0. The molecule has 2 aromatic carbocycles. The lowest BCUT2D eigenvalue weighted by Crippen LogP contribution is -2.13. The van der Waals surface area contributed by atoms with E-state index in [2.05, 4.69) is 5.32 Å². The van der Waals surface area contributed by atoms with Crippen molar-refractivity contribution in [3.63, 3.8) is 0 Å². The van der Waals surface area contributed by atoms with Crippen molar-refractivity contribution < 1.29 is 13.5 Å². The molecule has 0 aromatic heterocycles. The normalized spacial score (nSPS) is 12.9. The van der Waals surface area contributed by atoms with Crippen LogP contribution in [0.15, 0.2) is 47.4 Å². The van der Waals surface area contributed by atoms with Gasteiger partial charge in [0, 0.05) is 11.3 Å². The summed E-state index contributed by atoms with van der Waals surface area (Å²) in [4.78, 5) is 0.0492. The predicted octanol–water partition coefficient (Wildman–Crippen LogP) is 2.52. The number of benzene rings is 2. The maximum Gasteiger partial charge on any atom is 0.238 e. The van der Waals surface area contributed by atoms with Gasteiger partial charge < -0.3 is 10.4 Å². The number of hydrogen-bond donors (Lipinski definition) is 3. The summed E-state index contributed by atoms with van der Waals surface area (Å²) in [5, 5.41) is 18.2. The minimum atomic E-state index is -3.73. The number of nitrogens with two attached hydrogens (primary N) is 1. The Balaban J connectivity index is 2.28. The van der Waals surface area contributed by atoms with E-state index in [4.69, 9.17) is 5.14 Å². The molecule has 112 valence electrons. The molecule has 0 amide bonds. The van der Waals surface area contributed by atoms with E-state index >= 15 is 0 Å². The Hall–Kier alpha value is -2.05. The third-order valence-corrected chi connectivity index (χ3v) is 4.11. The molecule has 21 heavy (non-hydrogen) atoms. The zero-order chi connectivity index (χ0) is 15.6. The summed E-state index contributed by atoms with van der Waals surface area (Å²) in [6.45, 7) is 3.83. The lowest BCUT2D eigenvalue weighted by Gasteiger charge is -2.18. The van der Waals surface area contributed by atoms with Crippen LogP contribution in [0.3, 0.4) is 0 Å². The molecule has 0 radical (unpaired) electrons. The van der Waals surface area contributed by atoms with Gasteiger partial charge in [0.05, 0.1) is 10.9 Å². The van der Waals surface area contributed by atoms with Crippen LogP contribution in [0.25, 0.3) is 0 Å². The first-order chi connectivity index (χ1) is 9.77. The Labute approximate surface area is 124 Å². The molecule has 6 heteroatoms. The number of sulfonamides is 1. The summed E-state index contributed by atoms with van der Waals surface area (Å²) >= 11 is 0. The highest BCUT2D eigenvalue weighted by molar-refractivity contribution is 7.89. The molecule has 1 atom stereocenters. The van der Waals surface area contributed by atoms with Gasteiger partial charge in [0.2, 0.25) is 10.0 Å². The van der Waals surface area contributed by atoms with Crippen LogP contribution in [0.4, 0.5) is 5.69 Å². The highest BCUT2D eigenvalue weighted by Crippen LogP contribution is 2.28. The van der Waals surface area contributed by atoms with Crippen molar-refractivity contribution in [2.45, 2.75) is 24.8 Å². The van der Waals surface area contributed by atoms with Crippen molar-refractivity contribution in [1.82, 2.24) is 0 Å². The first-order valence-electron chi connectivity index (χ1n) is 6.46. The molecular weight excluding hydrogens is 288 g/mol. The summed E-state index contributed by atoms with van der Waals surface area (Å²) in [7, 11) is -3.73. The molecule has 4 N–H and O–H groups in total. The van der Waals surface area contributed by atoms with Crippen LogP contribution in [0.2, 0.25) is 0 Å². The van der Waals surface area contributed by atoms with Crippen LogP contribution in [-0.2, 0) is 10.0 Å². The minimum Gasteiger partial charge on any atom is -0.508 e. The van der Waals surface area contributed by atoms with Crippen LogP contribution in [0.1, 0.15) is 24.1 Å². The number of aryl methyl sites for hydroxylation is 1. The molecule has 0 aliphatic rings. The number of primary sulfonamides is 1. The Bertz CT molecular complexity index is 757. The van der Waals surface area contributed by atoms with Crippen LogP contribution in [-0.4, -0.2) is 13.5 Å². The van der Waals surface area contributed by atoms with E-state index in [1.165, 1.54) is 12.1 Å². The van der Waals surface area contributed by atoms with E-state index in [1.54, 1.807) is 18.2 Å². The third-order valence-electron chi connectivity index (χ3n) is 3.20. The van der Waals surface area contributed by atoms with Crippen molar-refractivity contribution in [3.8, 4) is 5.75 Å². The van der Waals surface area contributed by atoms with Crippen LogP contribution in [0.5, 0.6) is 5.75 Å². The number of rotatable bonds is 4. The van der Waals surface area contributed by atoms with Gasteiger partial charge in [-0.3, -0.25) is 0 Å². The van der Waals surface area contributed by atoms with Crippen molar-refractivity contribution >= 4 is 15.7 Å². The fourth-order valence-corrected chi connectivity index (χ4v) is 2.67. The number of aromatic hydroxyl groups is 1. The monoisotopic (exact) mass is 306 g/mol. The van der Waals surface area contributed by atoms with Gasteiger partial charge in [0.25, 0.3) is 0 Å². The molecule has 0 aliphatic carbocycles. The molecule has 0 bridgehead atoms. The number of phenols is 1. The summed E-state index contributed by atoms with van der Waals surface area (Å²) < 4.78 is 22.7. The van der Waals surface area contributed by atoms with E-state index in [0.29, 0.717) is 5.69 Å². The molecule has 2 aromatic rings. The van der Waals surface area contributed by atoms with Crippen molar-refractivity contribution in [2.75, 3.05) is 5.32 Å². The van der Waals surface area contributed by atoms with Gasteiger partial charge in [-0.05, 0) is 38.1 Å². The first kappa shape index (κ1) is 15.3. The maximum atomic E-state index is 11.3. The molecule has 0 aliphatic heterocycles. The van der Waals surface area contributed by atoms with Gasteiger partial charge in [0.1, 0.15) is 5.75 Å². The molecule has 2 rings (SSSR count). The summed E-state index contributed by atoms with van der Waals surface area (Å²) in [5.41, 5.74) is 2.40. The second-order valence-corrected chi connectivity index (χ2v) is 6.56. The van der Waals surface area contributed by atoms with Gasteiger partial charge in [0.15, 0.2) is 0 Å². The lowest BCUT2D eigenvalue weighted by molar-refractivity contribution is 0.465. The zero-order valence-corrected chi connectivity index (χ0v) is 12.7. The second-order valence-electron chi connectivity index (χ2n) is 5.00. The number of nitrogens with one attached hydrogen (secondary N) is 1. The topological polar surface area (TPSA) is 92.4 Å². The van der Waals surface area contributed by atoms with Gasteiger partial charge in [-0.2, -0.15) is 0 Å². The van der Waals surface area contributed by atoms with E-state index in [-0.39, 0.29) is 16.7 Å². The number of anilines is 1. The van der Waals surface area contributed by atoms with Gasteiger partial charge in [-0.25, -0.2) is 13.6 Å². The number of hydrogen-bond acceptors (Lipinski definition) is 4. The van der Waals surface area contributed by atoms with Gasteiger partial charge >= 0.3 is 0 Å². The highest BCUT2D eigenvalue weighted by Gasteiger charge is 2.12. The predicted molar refractivity (Wildman–Crippen MR) is 82.7 cm³/mol.